The number of hydrogen-bond donors (Lipinski definition) is 3. The van der Waals surface area contributed by atoms with Crippen molar-refractivity contribution in [1.82, 2.24) is 5.32 Å². The lowest BCUT2D eigenvalue weighted by Crippen LogP contribution is -2.33. The maximum Gasteiger partial charge on any atom is 0.337 e. The van der Waals surface area contributed by atoms with E-state index in [4.69, 9.17) is 9.84 Å². The molecule has 0 heterocycles. The topological polar surface area (TPSA) is 87.7 Å². The van der Waals surface area contributed by atoms with E-state index in [1.54, 1.807) is 6.07 Å². The SMILES string of the molecule is COc1ccc(C(=O)O)c(NC(=O)NCC(C)C2CC2)c1. The van der Waals surface area contributed by atoms with Gasteiger partial charge in [-0.2, -0.15) is 0 Å². The zero-order valence-electron chi connectivity index (χ0n) is 12.2. The monoisotopic (exact) mass is 292 g/mol. The first-order valence-corrected chi connectivity index (χ1v) is 6.97. The van der Waals surface area contributed by atoms with Crippen LogP contribution in [0, 0.1) is 11.8 Å². The van der Waals surface area contributed by atoms with Gasteiger partial charge in [0.05, 0.1) is 18.4 Å². The lowest BCUT2D eigenvalue weighted by atomic mass is 10.1. The first-order chi connectivity index (χ1) is 10.0. The van der Waals surface area contributed by atoms with Crippen molar-refractivity contribution in [2.24, 2.45) is 11.8 Å². The Kier molecular flexibility index (Phi) is 4.67. The van der Waals surface area contributed by atoms with Crippen LogP contribution in [0.15, 0.2) is 18.2 Å². The molecule has 0 aromatic heterocycles. The fraction of sp³-hybridized carbons (Fsp3) is 0.467. The highest BCUT2D eigenvalue weighted by Crippen LogP contribution is 2.36. The first-order valence-electron chi connectivity index (χ1n) is 6.97. The minimum atomic E-state index is -1.10. The Morgan fingerprint density at radius 1 is 1.43 bits per heavy atom. The van der Waals surface area contributed by atoms with Crippen LogP contribution in [0.2, 0.25) is 0 Å². The van der Waals surface area contributed by atoms with Crippen molar-refractivity contribution in [1.29, 1.82) is 0 Å². The second-order valence-corrected chi connectivity index (χ2v) is 5.37. The number of anilines is 1. The molecule has 6 nitrogen and oxygen atoms in total. The minimum absolute atomic E-state index is 0.0289. The van der Waals surface area contributed by atoms with Crippen LogP contribution in [0.3, 0.4) is 0 Å². The molecule has 1 fully saturated rings. The molecular weight excluding hydrogens is 272 g/mol. The summed E-state index contributed by atoms with van der Waals surface area (Å²) in [5, 5.41) is 14.5. The average molecular weight is 292 g/mol. The number of urea groups is 1. The average Bonchev–Trinajstić information content (AvgIpc) is 3.29. The second kappa shape index (κ2) is 6.47. The highest BCUT2D eigenvalue weighted by atomic mass is 16.5. The fourth-order valence-electron chi connectivity index (χ4n) is 2.19. The number of carbonyl (C=O) groups is 2. The lowest BCUT2D eigenvalue weighted by Gasteiger charge is -2.14. The van der Waals surface area contributed by atoms with Crippen LogP contribution in [0.25, 0.3) is 0 Å². The van der Waals surface area contributed by atoms with Gasteiger partial charge in [0.15, 0.2) is 0 Å². The van der Waals surface area contributed by atoms with Crippen molar-refractivity contribution in [3.05, 3.63) is 23.8 Å². The molecule has 114 valence electrons. The number of amides is 2. The van der Waals surface area contributed by atoms with Crippen molar-refractivity contribution < 1.29 is 19.4 Å². The van der Waals surface area contributed by atoms with Gasteiger partial charge in [0.1, 0.15) is 5.75 Å². The van der Waals surface area contributed by atoms with E-state index in [-0.39, 0.29) is 11.3 Å². The van der Waals surface area contributed by atoms with Crippen molar-refractivity contribution in [3.63, 3.8) is 0 Å². The standard InChI is InChI=1S/C15H20N2O4/c1-9(10-3-4-10)8-16-15(20)17-13-7-11(21-2)5-6-12(13)14(18)19/h5-7,9-10H,3-4,8H2,1-2H3,(H,18,19)(H2,16,17,20). The smallest absolute Gasteiger partial charge is 0.337 e. The maximum atomic E-state index is 11.9. The van der Waals surface area contributed by atoms with Crippen molar-refractivity contribution in [3.8, 4) is 5.75 Å². The number of aromatic carboxylic acids is 1. The van der Waals surface area contributed by atoms with E-state index in [1.807, 2.05) is 0 Å². The van der Waals surface area contributed by atoms with E-state index in [0.29, 0.717) is 24.1 Å². The summed E-state index contributed by atoms with van der Waals surface area (Å²) in [6, 6.07) is 4.04. The largest absolute Gasteiger partial charge is 0.497 e. The summed E-state index contributed by atoms with van der Waals surface area (Å²) in [5.74, 6) is 0.539. The molecule has 0 saturated heterocycles. The van der Waals surface area contributed by atoms with Gasteiger partial charge >= 0.3 is 12.0 Å². The fourth-order valence-corrected chi connectivity index (χ4v) is 2.19. The van der Waals surface area contributed by atoms with Gasteiger partial charge in [-0.05, 0) is 36.8 Å². The van der Waals surface area contributed by atoms with E-state index in [0.717, 1.165) is 0 Å². The molecule has 0 bridgehead atoms. The Labute approximate surface area is 123 Å². The van der Waals surface area contributed by atoms with Crippen LogP contribution >= 0.6 is 0 Å². The molecule has 2 amide bonds. The van der Waals surface area contributed by atoms with E-state index in [9.17, 15) is 9.59 Å². The zero-order valence-corrected chi connectivity index (χ0v) is 12.2. The van der Waals surface area contributed by atoms with Gasteiger partial charge in [-0.1, -0.05) is 6.92 Å². The highest BCUT2D eigenvalue weighted by molar-refractivity contribution is 6.00. The van der Waals surface area contributed by atoms with Crippen LogP contribution < -0.4 is 15.4 Å². The number of carboxylic acids is 1. The van der Waals surface area contributed by atoms with Gasteiger partial charge in [-0.3, -0.25) is 0 Å². The van der Waals surface area contributed by atoms with E-state index < -0.39 is 12.0 Å². The van der Waals surface area contributed by atoms with E-state index >= 15 is 0 Å². The third kappa shape index (κ3) is 4.11. The number of ether oxygens (including phenoxy) is 1. The number of methoxy groups -OCH3 is 1. The van der Waals surface area contributed by atoms with Crippen molar-refractivity contribution in [2.75, 3.05) is 19.0 Å². The van der Waals surface area contributed by atoms with Crippen LogP contribution in [0.1, 0.15) is 30.1 Å². The number of carbonyl (C=O) groups excluding carboxylic acids is 1. The Balaban J connectivity index is 1.99. The van der Waals surface area contributed by atoms with Crippen LogP contribution in [-0.2, 0) is 0 Å². The molecule has 1 saturated carbocycles. The van der Waals surface area contributed by atoms with Gasteiger partial charge in [-0.25, -0.2) is 9.59 Å². The molecule has 0 radical (unpaired) electrons. The lowest BCUT2D eigenvalue weighted by molar-refractivity contribution is 0.0698. The predicted molar refractivity (Wildman–Crippen MR) is 78.9 cm³/mol. The normalized spacial score (nSPS) is 15.1. The molecule has 1 aromatic carbocycles. The Hall–Kier alpha value is -2.24. The third-order valence-corrected chi connectivity index (χ3v) is 3.72. The molecule has 0 aliphatic heterocycles. The number of nitrogens with one attached hydrogen (secondary N) is 2. The summed E-state index contributed by atoms with van der Waals surface area (Å²) in [7, 11) is 1.48. The summed E-state index contributed by atoms with van der Waals surface area (Å²) in [5.41, 5.74) is 0.250. The Bertz CT molecular complexity index is 540. The summed E-state index contributed by atoms with van der Waals surface area (Å²) in [4.78, 5) is 23.0. The predicted octanol–water partition coefficient (Wildman–Crippen LogP) is 2.56. The van der Waals surface area contributed by atoms with E-state index in [1.165, 1.54) is 32.1 Å². The first kappa shape index (κ1) is 15.2. The summed E-state index contributed by atoms with van der Waals surface area (Å²) < 4.78 is 5.04. The molecule has 1 atom stereocenters. The van der Waals surface area contributed by atoms with Crippen molar-refractivity contribution in [2.45, 2.75) is 19.8 Å². The van der Waals surface area contributed by atoms with Crippen LogP contribution in [-0.4, -0.2) is 30.8 Å². The molecule has 1 aliphatic carbocycles. The van der Waals surface area contributed by atoms with E-state index in [2.05, 4.69) is 17.6 Å². The summed E-state index contributed by atoms with van der Waals surface area (Å²) >= 11 is 0. The number of carboxylic acid groups (broad SMARTS) is 1. The van der Waals surface area contributed by atoms with Gasteiger partial charge in [0.25, 0.3) is 0 Å². The molecule has 3 N–H and O–H groups in total. The second-order valence-electron chi connectivity index (χ2n) is 5.37. The molecule has 2 rings (SSSR count). The molecule has 0 spiro atoms. The maximum absolute atomic E-state index is 11.9. The molecular formula is C15H20N2O4. The molecule has 1 unspecified atom stereocenters. The zero-order chi connectivity index (χ0) is 15.4. The molecule has 21 heavy (non-hydrogen) atoms. The van der Waals surface area contributed by atoms with Crippen LogP contribution in [0.5, 0.6) is 5.75 Å². The Morgan fingerprint density at radius 2 is 2.14 bits per heavy atom. The van der Waals surface area contributed by atoms with Gasteiger partial charge < -0.3 is 20.5 Å². The molecule has 6 heteroatoms. The number of benzene rings is 1. The molecule has 1 aliphatic rings. The van der Waals surface area contributed by atoms with Crippen molar-refractivity contribution >= 4 is 17.7 Å². The minimum Gasteiger partial charge on any atom is -0.497 e. The van der Waals surface area contributed by atoms with Gasteiger partial charge in [-0.15, -0.1) is 0 Å². The number of rotatable bonds is 6. The van der Waals surface area contributed by atoms with Gasteiger partial charge in [0, 0.05) is 12.6 Å². The third-order valence-electron chi connectivity index (χ3n) is 3.72. The Morgan fingerprint density at radius 3 is 2.71 bits per heavy atom. The quantitative estimate of drug-likeness (QED) is 0.752. The summed E-state index contributed by atoms with van der Waals surface area (Å²) in [6.45, 7) is 2.69. The number of hydrogen-bond acceptors (Lipinski definition) is 3. The van der Waals surface area contributed by atoms with Crippen LogP contribution in [0.4, 0.5) is 10.5 Å². The highest BCUT2D eigenvalue weighted by Gasteiger charge is 2.27. The van der Waals surface area contributed by atoms with Gasteiger partial charge in [0.2, 0.25) is 0 Å². The molecule has 1 aromatic rings. The summed E-state index contributed by atoms with van der Waals surface area (Å²) in [6.07, 6.45) is 2.45.